The molecule has 1 aliphatic rings. The number of anilines is 2. The number of hydrogen-bond acceptors (Lipinski definition) is 9. The number of pyridine rings is 1. The molecule has 4 heterocycles. The van der Waals surface area contributed by atoms with Crippen molar-refractivity contribution < 1.29 is 27.8 Å². The van der Waals surface area contributed by atoms with E-state index >= 15 is 0 Å². The van der Waals surface area contributed by atoms with Gasteiger partial charge in [-0.2, -0.15) is 17.5 Å². The van der Waals surface area contributed by atoms with Crippen LogP contribution in [0.25, 0.3) is 21.0 Å². The van der Waals surface area contributed by atoms with E-state index in [0.717, 1.165) is 28.6 Å². The van der Waals surface area contributed by atoms with Crippen LogP contribution in [0, 0.1) is 0 Å². The lowest BCUT2D eigenvalue weighted by Crippen LogP contribution is -2.57. The van der Waals surface area contributed by atoms with Crippen LogP contribution in [0.3, 0.4) is 0 Å². The molecule has 1 aliphatic heterocycles. The van der Waals surface area contributed by atoms with Crippen molar-refractivity contribution in [3.63, 3.8) is 0 Å². The summed E-state index contributed by atoms with van der Waals surface area (Å²) in [5.74, 6) is -1.04. The third-order valence-corrected chi connectivity index (χ3v) is 6.61. The predicted octanol–water partition coefficient (Wildman–Crippen LogP) is 2.17. The summed E-state index contributed by atoms with van der Waals surface area (Å²) in [5.41, 5.74) is 2.18. The molecular weight excluding hydrogens is 489 g/mol. The molecule has 1 aromatic carbocycles. The van der Waals surface area contributed by atoms with E-state index in [1.165, 1.54) is 13.0 Å². The second-order valence-electron chi connectivity index (χ2n) is 8.09. The zero-order valence-corrected chi connectivity index (χ0v) is 18.8. The summed E-state index contributed by atoms with van der Waals surface area (Å²) < 4.78 is 49.4. The molecule has 14 heteroatoms. The number of fused-ring (bicyclic) bond motifs is 3. The molecule has 0 radical (unpaired) electrons. The van der Waals surface area contributed by atoms with Crippen LogP contribution in [-0.4, -0.2) is 49.6 Å². The summed E-state index contributed by atoms with van der Waals surface area (Å²) in [6, 6.07) is 6.37. The Balaban J connectivity index is 1.53. The summed E-state index contributed by atoms with van der Waals surface area (Å²) >= 11 is 1.03. The fourth-order valence-corrected chi connectivity index (χ4v) is 4.80. The molecule has 4 aromatic rings. The van der Waals surface area contributed by atoms with E-state index in [1.54, 1.807) is 12.1 Å². The van der Waals surface area contributed by atoms with Crippen LogP contribution in [0.1, 0.15) is 18.4 Å². The van der Waals surface area contributed by atoms with Gasteiger partial charge in [-0.3, -0.25) is 14.5 Å². The zero-order valence-electron chi connectivity index (χ0n) is 18.0. The molecule has 1 amide bonds. The number of halogens is 3. The maximum atomic E-state index is 13.2. The average molecular weight is 506 g/mol. The first-order valence-electron chi connectivity index (χ1n) is 10.3. The third kappa shape index (κ3) is 3.79. The van der Waals surface area contributed by atoms with Gasteiger partial charge in [-0.15, -0.1) is 0 Å². The first-order chi connectivity index (χ1) is 16.5. The molecular formula is C21H17F3N6O4S. The Morgan fingerprint density at radius 3 is 2.74 bits per heavy atom. The number of H-pyrrole nitrogens is 1. The lowest BCUT2D eigenvalue weighted by molar-refractivity contribution is -0.158. The summed E-state index contributed by atoms with van der Waals surface area (Å²) in [5, 5.41) is 12.1. The van der Waals surface area contributed by atoms with Gasteiger partial charge in [0, 0.05) is 5.39 Å². The van der Waals surface area contributed by atoms with Gasteiger partial charge in [0.15, 0.2) is 11.7 Å². The van der Waals surface area contributed by atoms with Crippen molar-refractivity contribution in [3.05, 3.63) is 52.2 Å². The highest BCUT2D eigenvalue weighted by atomic mass is 32.1. The molecule has 182 valence electrons. The summed E-state index contributed by atoms with van der Waals surface area (Å²) in [6.07, 6.45) is -6.27. The topological polar surface area (TPSA) is 147 Å². The van der Waals surface area contributed by atoms with Crippen molar-refractivity contribution >= 4 is 50.1 Å². The lowest BCUT2D eigenvalue weighted by atomic mass is 9.95. The van der Waals surface area contributed by atoms with Crippen LogP contribution in [-0.2, 0) is 21.3 Å². The number of rotatable bonds is 3. The minimum absolute atomic E-state index is 0.0772. The molecule has 35 heavy (non-hydrogen) atoms. The maximum Gasteiger partial charge on any atom is 0.433 e. The molecule has 10 nitrogen and oxygen atoms in total. The number of carbonyl (C=O) groups is 1. The summed E-state index contributed by atoms with van der Waals surface area (Å²) in [6.45, 7) is 1.06. The van der Waals surface area contributed by atoms with E-state index in [2.05, 4.69) is 19.3 Å². The number of nitrogens with one attached hydrogen (secondary N) is 1. The number of carbonyl (C=O) groups excluding carboxylic acids is 1. The predicted molar refractivity (Wildman–Crippen MR) is 121 cm³/mol. The van der Waals surface area contributed by atoms with Gasteiger partial charge in [0.25, 0.3) is 11.5 Å². The number of alkyl halides is 3. The second kappa shape index (κ2) is 7.96. The minimum atomic E-state index is -4.70. The fourth-order valence-electron chi connectivity index (χ4n) is 3.95. The molecule has 0 saturated carbocycles. The summed E-state index contributed by atoms with van der Waals surface area (Å²) in [7, 11) is 0. The number of nitrogens with zero attached hydrogens (tertiary/aromatic N) is 4. The molecule has 0 unspecified atom stereocenters. The van der Waals surface area contributed by atoms with Gasteiger partial charge in [0.1, 0.15) is 23.2 Å². The fraction of sp³-hybridized carbons (Fsp3) is 0.286. The van der Waals surface area contributed by atoms with Crippen LogP contribution in [0.2, 0.25) is 0 Å². The number of amides is 1. The van der Waals surface area contributed by atoms with Crippen LogP contribution in [0.4, 0.5) is 24.8 Å². The smallest absolute Gasteiger partial charge is 0.382 e. The van der Waals surface area contributed by atoms with Crippen molar-refractivity contribution in [2.45, 2.75) is 24.8 Å². The first kappa shape index (κ1) is 23.1. The zero-order chi connectivity index (χ0) is 25.1. The first-order valence-corrected chi connectivity index (χ1v) is 11.0. The molecule has 2 atom stereocenters. The van der Waals surface area contributed by atoms with Crippen molar-refractivity contribution in [2.24, 2.45) is 0 Å². The van der Waals surface area contributed by atoms with Gasteiger partial charge in [-0.25, -0.2) is 9.97 Å². The minimum Gasteiger partial charge on any atom is -0.382 e. The highest BCUT2D eigenvalue weighted by Crippen LogP contribution is 2.34. The van der Waals surface area contributed by atoms with E-state index in [9.17, 15) is 27.9 Å². The number of hydrogen-bond donors (Lipinski definition) is 3. The maximum absolute atomic E-state index is 13.2. The van der Waals surface area contributed by atoms with Gasteiger partial charge in [0.05, 0.1) is 28.8 Å². The molecule has 0 bridgehead atoms. The monoisotopic (exact) mass is 506 g/mol. The van der Waals surface area contributed by atoms with Gasteiger partial charge in [-0.05, 0) is 42.7 Å². The molecule has 3 aromatic heterocycles. The number of aliphatic hydroxyl groups is 1. The van der Waals surface area contributed by atoms with Gasteiger partial charge in [0.2, 0.25) is 0 Å². The normalized spacial score (nSPS) is 18.8. The number of benzene rings is 1. The Labute approximate surface area is 198 Å². The van der Waals surface area contributed by atoms with Crippen molar-refractivity contribution in [1.29, 1.82) is 0 Å². The second-order valence-corrected chi connectivity index (χ2v) is 8.86. The lowest BCUT2D eigenvalue weighted by Gasteiger charge is -2.38. The van der Waals surface area contributed by atoms with Gasteiger partial charge >= 0.3 is 6.18 Å². The van der Waals surface area contributed by atoms with Crippen LogP contribution < -0.4 is 16.2 Å². The van der Waals surface area contributed by atoms with Gasteiger partial charge < -0.3 is 20.6 Å². The Morgan fingerprint density at radius 2 is 2.00 bits per heavy atom. The van der Waals surface area contributed by atoms with Gasteiger partial charge in [-0.1, -0.05) is 6.07 Å². The van der Waals surface area contributed by atoms with E-state index < -0.39 is 35.0 Å². The number of ether oxygens (including phenoxy) is 1. The highest BCUT2D eigenvalue weighted by Gasteiger charge is 2.47. The Hall–Kier alpha value is -3.62. The van der Waals surface area contributed by atoms with E-state index in [4.69, 9.17) is 10.5 Å². The quantitative estimate of drug-likeness (QED) is 0.383. The van der Waals surface area contributed by atoms with Crippen molar-refractivity contribution in [3.8, 4) is 0 Å². The van der Waals surface area contributed by atoms with Crippen molar-refractivity contribution in [2.75, 3.05) is 23.8 Å². The van der Waals surface area contributed by atoms with Crippen LogP contribution >= 0.6 is 11.5 Å². The number of nitrogens with two attached hydrogens (primary N) is 1. The molecule has 5 rings (SSSR count). The third-order valence-electron chi connectivity index (χ3n) is 5.72. The number of aromatic amines is 1. The standard InChI is InChI=1S/C21H17F3N6O4S/c1-20(33,19-26-10-6-5-9-14(35-29-16(9)25)13(10)17(31)28-19)15-18(32)30(7-8-34-15)12-4-2-3-11(27-12)21(22,23)24/h2-6,15,33H,7-8H2,1H3,(H2,25,29)(H,26,28,31)/t15-,20+/m0/s1. The highest BCUT2D eigenvalue weighted by molar-refractivity contribution is 7.14. The Bertz CT molecular complexity index is 1530. The van der Waals surface area contributed by atoms with Crippen LogP contribution in [0.15, 0.2) is 35.1 Å². The largest absolute Gasteiger partial charge is 0.433 e. The SMILES string of the molecule is C[C@](O)(c1nc2ccc3c(N)nsc3c2c(=O)[nH]1)[C@H]1OCCN(c2cccc(C(F)(F)F)n2)C1=O. The Morgan fingerprint density at radius 1 is 1.23 bits per heavy atom. The molecule has 1 fully saturated rings. The van der Waals surface area contributed by atoms with Crippen LogP contribution in [0.5, 0.6) is 0 Å². The van der Waals surface area contributed by atoms with E-state index in [0.29, 0.717) is 10.1 Å². The summed E-state index contributed by atoms with van der Waals surface area (Å²) in [4.78, 5) is 37.5. The molecule has 4 N–H and O–H groups in total. The van der Waals surface area contributed by atoms with Crippen molar-refractivity contribution in [1.82, 2.24) is 19.3 Å². The molecule has 0 aliphatic carbocycles. The number of aromatic nitrogens is 4. The van der Waals surface area contributed by atoms with E-state index in [1.807, 2.05) is 0 Å². The molecule has 1 saturated heterocycles. The molecule has 0 spiro atoms. The van der Waals surface area contributed by atoms with E-state index in [-0.39, 0.29) is 41.5 Å². The number of morpholine rings is 1. The number of nitrogen functional groups attached to an aromatic ring is 1. The Kier molecular flexibility index (Phi) is 5.27. The average Bonchev–Trinajstić information content (AvgIpc) is 3.19.